The van der Waals surface area contributed by atoms with E-state index in [0.717, 1.165) is 10.5 Å². The zero-order valence-electron chi connectivity index (χ0n) is 17.8. The van der Waals surface area contributed by atoms with Crippen molar-refractivity contribution >= 4 is 52.5 Å². The molecule has 3 rings (SSSR count). The molecule has 6 nitrogen and oxygen atoms in total. The van der Waals surface area contributed by atoms with Gasteiger partial charge < -0.3 is 15.7 Å². The van der Waals surface area contributed by atoms with E-state index in [1.54, 1.807) is 30.3 Å². The van der Waals surface area contributed by atoms with E-state index in [4.69, 9.17) is 11.6 Å². The summed E-state index contributed by atoms with van der Waals surface area (Å²) in [5.74, 6) is -2.70. The molecule has 0 radical (unpaired) electrons. The Hall–Kier alpha value is -2.77. The van der Waals surface area contributed by atoms with Crippen molar-refractivity contribution in [3.8, 4) is 0 Å². The summed E-state index contributed by atoms with van der Waals surface area (Å²) < 4.78 is 0. The zero-order valence-corrected chi connectivity index (χ0v) is 19.4. The lowest BCUT2D eigenvalue weighted by atomic mass is 9.82. The molecule has 0 saturated heterocycles. The Bertz CT molecular complexity index is 1040. The van der Waals surface area contributed by atoms with Gasteiger partial charge in [-0.2, -0.15) is 0 Å². The van der Waals surface area contributed by atoms with Crippen LogP contribution in [0, 0.1) is 18.8 Å². The number of halogens is 1. The molecule has 168 valence electrons. The van der Waals surface area contributed by atoms with Crippen molar-refractivity contribution in [1.82, 2.24) is 0 Å². The highest BCUT2D eigenvalue weighted by molar-refractivity contribution is 8.00. The van der Waals surface area contributed by atoms with E-state index >= 15 is 0 Å². The number of hydrogen-bond acceptors (Lipinski definition) is 4. The summed E-state index contributed by atoms with van der Waals surface area (Å²) in [4.78, 5) is 37.4. The Morgan fingerprint density at radius 3 is 2.34 bits per heavy atom. The van der Waals surface area contributed by atoms with Gasteiger partial charge in [0.1, 0.15) is 0 Å². The average Bonchev–Trinajstić information content (AvgIpc) is 2.77. The molecule has 2 aromatic rings. The third-order valence-electron chi connectivity index (χ3n) is 5.35. The number of carbonyl (C=O) groups excluding carboxylic acids is 2. The first-order valence-electron chi connectivity index (χ1n) is 10.3. The maximum atomic E-state index is 12.6. The van der Waals surface area contributed by atoms with Gasteiger partial charge in [0.05, 0.1) is 17.1 Å². The Morgan fingerprint density at radius 2 is 1.69 bits per heavy atom. The molecule has 3 N–H and O–H groups in total. The van der Waals surface area contributed by atoms with Crippen LogP contribution < -0.4 is 10.6 Å². The predicted molar refractivity (Wildman–Crippen MR) is 128 cm³/mol. The molecule has 0 spiro atoms. The first kappa shape index (κ1) is 23.9. The van der Waals surface area contributed by atoms with Crippen molar-refractivity contribution in [3.63, 3.8) is 0 Å². The van der Waals surface area contributed by atoms with Gasteiger partial charge in [0, 0.05) is 21.3 Å². The van der Waals surface area contributed by atoms with Crippen LogP contribution in [-0.4, -0.2) is 28.1 Å². The van der Waals surface area contributed by atoms with Crippen molar-refractivity contribution in [2.24, 2.45) is 11.8 Å². The molecule has 0 aliphatic heterocycles. The molecule has 0 heterocycles. The second-order valence-corrected chi connectivity index (χ2v) is 9.57. The number of aryl methyl sites for hydroxylation is 1. The second-order valence-electron chi connectivity index (χ2n) is 7.72. The fourth-order valence-electron chi connectivity index (χ4n) is 3.45. The van der Waals surface area contributed by atoms with Crippen LogP contribution in [0.15, 0.2) is 59.5 Å². The van der Waals surface area contributed by atoms with Crippen molar-refractivity contribution < 1.29 is 19.5 Å². The van der Waals surface area contributed by atoms with Gasteiger partial charge in [-0.25, -0.2) is 0 Å². The number of thioether (sulfide) groups is 1. The third kappa shape index (κ3) is 6.14. The topological polar surface area (TPSA) is 95.5 Å². The van der Waals surface area contributed by atoms with Gasteiger partial charge in [-0.3, -0.25) is 14.4 Å². The summed E-state index contributed by atoms with van der Waals surface area (Å²) >= 11 is 7.41. The van der Waals surface area contributed by atoms with Gasteiger partial charge in [-0.1, -0.05) is 29.8 Å². The van der Waals surface area contributed by atoms with E-state index in [1.807, 2.05) is 38.1 Å². The Balaban J connectivity index is 1.57. The largest absolute Gasteiger partial charge is 0.481 e. The standard InChI is InChI=1S/C24H25ClN2O4S/c1-14-7-8-16(25)13-21(14)27-22(28)15(2)32-18-11-9-17(10-12-18)26-23(29)19-5-3-4-6-20(19)24(30)31/h3-4,7-13,15,19-20H,5-6H2,1-2H3,(H,26,29)(H,27,28)(H,30,31)/t15-,19+,20-/m0/s1. The quantitative estimate of drug-likeness (QED) is 0.371. The number of rotatable bonds is 7. The summed E-state index contributed by atoms with van der Waals surface area (Å²) in [6.45, 7) is 3.72. The van der Waals surface area contributed by atoms with Crippen molar-refractivity contribution in [2.45, 2.75) is 36.8 Å². The van der Waals surface area contributed by atoms with Crippen LogP contribution in [-0.2, 0) is 14.4 Å². The first-order valence-corrected chi connectivity index (χ1v) is 11.5. The molecule has 2 amide bonds. The second kappa shape index (κ2) is 10.7. The fraction of sp³-hybridized carbons (Fsp3) is 0.292. The maximum Gasteiger partial charge on any atom is 0.307 e. The van der Waals surface area contributed by atoms with Gasteiger partial charge >= 0.3 is 5.97 Å². The molecule has 0 unspecified atom stereocenters. The molecule has 8 heteroatoms. The van der Waals surface area contributed by atoms with Gasteiger partial charge in [0.15, 0.2) is 0 Å². The van der Waals surface area contributed by atoms with Gasteiger partial charge in [-0.05, 0) is 68.7 Å². The predicted octanol–water partition coefficient (Wildman–Crippen LogP) is 5.37. The minimum Gasteiger partial charge on any atom is -0.481 e. The van der Waals surface area contributed by atoms with Crippen LogP contribution in [0.4, 0.5) is 11.4 Å². The normalized spacial score (nSPS) is 18.6. The fourth-order valence-corrected chi connectivity index (χ4v) is 4.49. The highest BCUT2D eigenvalue weighted by atomic mass is 35.5. The molecule has 0 bridgehead atoms. The molecular formula is C24H25ClN2O4S. The van der Waals surface area contributed by atoms with Crippen molar-refractivity contribution in [2.75, 3.05) is 10.6 Å². The molecule has 1 aliphatic carbocycles. The summed E-state index contributed by atoms with van der Waals surface area (Å²) in [5, 5.41) is 15.3. The van der Waals surface area contributed by atoms with Crippen LogP contribution in [0.3, 0.4) is 0 Å². The highest BCUT2D eigenvalue weighted by Crippen LogP contribution is 2.29. The molecular weight excluding hydrogens is 448 g/mol. The number of carboxylic acids is 1. The minimum atomic E-state index is -0.957. The van der Waals surface area contributed by atoms with Crippen molar-refractivity contribution in [1.29, 1.82) is 0 Å². The molecule has 32 heavy (non-hydrogen) atoms. The van der Waals surface area contributed by atoms with E-state index in [9.17, 15) is 19.5 Å². The highest BCUT2D eigenvalue weighted by Gasteiger charge is 2.33. The van der Waals surface area contributed by atoms with Gasteiger partial charge in [-0.15, -0.1) is 11.8 Å². The number of benzene rings is 2. The minimum absolute atomic E-state index is 0.136. The van der Waals surface area contributed by atoms with Crippen molar-refractivity contribution in [3.05, 3.63) is 65.2 Å². The molecule has 2 aromatic carbocycles. The summed E-state index contributed by atoms with van der Waals surface area (Å²) in [6.07, 6.45) is 4.42. The van der Waals surface area contributed by atoms with Crippen LogP contribution in [0.1, 0.15) is 25.3 Å². The van der Waals surface area contributed by atoms with E-state index in [0.29, 0.717) is 29.2 Å². The molecule has 3 atom stereocenters. The van der Waals surface area contributed by atoms with E-state index in [1.165, 1.54) is 11.8 Å². The van der Waals surface area contributed by atoms with Crippen LogP contribution >= 0.6 is 23.4 Å². The Morgan fingerprint density at radius 1 is 1.03 bits per heavy atom. The maximum absolute atomic E-state index is 12.6. The average molecular weight is 473 g/mol. The summed E-state index contributed by atoms with van der Waals surface area (Å²) in [6, 6.07) is 12.5. The molecule has 0 fully saturated rings. The van der Waals surface area contributed by atoms with Gasteiger partial charge in [0.25, 0.3) is 0 Å². The third-order valence-corrected chi connectivity index (χ3v) is 6.69. The van der Waals surface area contributed by atoms with Gasteiger partial charge in [0.2, 0.25) is 11.8 Å². The first-order chi connectivity index (χ1) is 15.2. The summed E-state index contributed by atoms with van der Waals surface area (Å²) in [5.41, 5.74) is 2.20. The lowest BCUT2D eigenvalue weighted by molar-refractivity contribution is -0.146. The molecule has 1 aliphatic rings. The lowest BCUT2D eigenvalue weighted by Crippen LogP contribution is -2.34. The van der Waals surface area contributed by atoms with Crippen LogP contribution in [0.25, 0.3) is 0 Å². The monoisotopic (exact) mass is 472 g/mol. The van der Waals surface area contributed by atoms with E-state index in [-0.39, 0.29) is 17.1 Å². The molecule has 0 saturated carbocycles. The van der Waals surface area contributed by atoms with Crippen LogP contribution in [0.5, 0.6) is 0 Å². The Labute approximate surface area is 196 Å². The zero-order chi connectivity index (χ0) is 23.3. The van der Waals surface area contributed by atoms with E-state index < -0.39 is 17.8 Å². The Kier molecular flexibility index (Phi) is 7.99. The number of amides is 2. The number of carboxylic acid groups (broad SMARTS) is 1. The SMILES string of the molecule is Cc1ccc(Cl)cc1NC(=O)[C@H](C)Sc1ccc(NC(=O)[C@@H]2CC=CC[C@@H]2C(=O)O)cc1. The van der Waals surface area contributed by atoms with Crippen LogP contribution in [0.2, 0.25) is 5.02 Å². The smallest absolute Gasteiger partial charge is 0.307 e. The number of aliphatic carboxylic acids is 1. The number of allylic oxidation sites excluding steroid dienone is 2. The van der Waals surface area contributed by atoms with E-state index in [2.05, 4.69) is 10.6 Å². The number of anilines is 2. The number of carbonyl (C=O) groups is 3. The molecule has 0 aromatic heterocycles. The number of hydrogen-bond donors (Lipinski definition) is 3. The number of nitrogens with one attached hydrogen (secondary N) is 2. The lowest BCUT2D eigenvalue weighted by Gasteiger charge is -2.24. The summed E-state index contributed by atoms with van der Waals surface area (Å²) in [7, 11) is 0.